The van der Waals surface area contributed by atoms with Crippen LogP contribution in [-0.4, -0.2) is 10.9 Å². The van der Waals surface area contributed by atoms with Gasteiger partial charge in [0.15, 0.2) is 0 Å². The number of amides is 1. The molecule has 0 radical (unpaired) electrons. The van der Waals surface area contributed by atoms with Crippen LogP contribution in [0.15, 0.2) is 41.3 Å². The van der Waals surface area contributed by atoms with Crippen LogP contribution < -0.4 is 5.32 Å². The van der Waals surface area contributed by atoms with Crippen LogP contribution in [-0.2, 0) is 0 Å². The van der Waals surface area contributed by atoms with Gasteiger partial charge in [-0.3, -0.25) is 9.78 Å². The Balaban J connectivity index is 2.13. The molecule has 0 fully saturated rings. The van der Waals surface area contributed by atoms with Crippen molar-refractivity contribution in [3.8, 4) is 0 Å². The van der Waals surface area contributed by atoms with Gasteiger partial charge in [0.2, 0.25) is 0 Å². The summed E-state index contributed by atoms with van der Waals surface area (Å²) in [5, 5.41) is 2.75. The number of anilines is 1. The fourth-order valence-electron chi connectivity index (χ4n) is 1.22. The predicted molar refractivity (Wildman–Crippen MR) is 55.6 cm³/mol. The Labute approximate surface area is 86.9 Å². The van der Waals surface area contributed by atoms with Crippen LogP contribution in [0.4, 0.5) is 5.69 Å². The first-order chi connectivity index (χ1) is 7.25. The number of aryl methyl sites for hydroxylation is 1. The average molecular weight is 202 g/mol. The Bertz CT molecular complexity index is 463. The van der Waals surface area contributed by atoms with Crippen molar-refractivity contribution in [3.05, 3.63) is 48.2 Å². The normalized spacial score (nSPS) is 9.93. The number of furan rings is 1. The van der Waals surface area contributed by atoms with E-state index in [1.165, 1.54) is 12.5 Å². The Kier molecular flexibility index (Phi) is 2.49. The van der Waals surface area contributed by atoms with Gasteiger partial charge in [-0.1, -0.05) is 0 Å². The lowest BCUT2D eigenvalue weighted by Crippen LogP contribution is -2.10. The van der Waals surface area contributed by atoms with Gasteiger partial charge >= 0.3 is 0 Å². The van der Waals surface area contributed by atoms with Gasteiger partial charge in [-0.15, -0.1) is 0 Å². The number of nitrogens with zero attached hydrogens (tertiary/aromatic N) is 1. The first kappa shape index (κ1) is 9.45. The predicted octanol–water partition coefficient (Wildman–Crippen LogP) is 2.24. The molecule has 15 heavy (non-hydrogen) atoms. The molecule has 1 amide bonds. The zero-order valence-corrected chi connectivity index (χ0v) is 8.23. The molecule has 0 bridgehead atoms. The van der Waals surface area contributed by atoms with Crippen LogP contribution in [0.1, 0.15) is 16.1 Å². The van der Waals surface area contributed by atoms with E-state index in [9.17, 15) is 4.79 Å². The molecule has 0 aliphatic carbocycles. The number of nitrogens with one attached hydrogen (secondary N) is 1. The molecule has 0 aliphatic rings. The summed E-state index contributed by atoms with van der Waals surface area (Å²) in [5.74, 6) is -0.186. The highest BCUT2D eigenvalue weighted by atomic mass is 16.3. The van der Waals surface area contributed by atoms with E-state index < -0.39 is 0 Å². The van der Waals surface area contributed by atoms with Gasteiger partial charge in [0.05, 0.1) is 11.8 Å². The van der Waals surface area contributed by atoms with E-state index in [1.54, 1.807) is 24.4 Å². The standard InChI is InChI=1S/C11H10N2O2/c1-8-6-10(2-4-12-8)13-11(14)9-3-5-15-7-9/h2-7H,1H3,(H,12,13,14). The van der Waals surface area contributed by atoms with Gasteiger partial charge in [-0.25, -0.2) is 0 Å². The molecule has 4 heteroatoms. The molecular formula is C11H10N2O2. The maximum absolute atomic E-state index is 11.6. The lowest BCUT2D eigenvalue weighted by Gasteiger charge is -2.03. The van der Waals surface area contributed by atoms with Crippen LogP contribution in [0.5, 0.6) is 0 Å². The van der Waals surface area contributed by atoms with Gasteiger partial charge in [-0.05, 0) is 25.1 Å². The fourth-order valence-corrected chi connectivity index (χ4v) is 1.22. The highest BCUT2D eigenvalue weighted by molar-refractivity contribution is 6.03. The maximum Gasteiger partial charge on any atom is 0.258 e. The Morgan fingerprint density at radius 1 is 1.47 bits per heavy atom. The van der Waals surface area contributed by atoms with Crippen LogP contribution in [0, 0.1) is 6.92 Å². The number of hydrogen-bond donors (Lipinski definition) is 1. The van der Waals surface area contributed by atoms with Gasteiger partial charge < -0.3 is 9.73 Å². The SMILES string of the molecule is Cc1cc(NC(=O)c2ccoc2)ccn1. The maximum atomic E-state index is 11.6. The third kappa shape index (κ3) is 2.22. The van der Waals surface area contributed by atoms with E-state index in [1.807, 2.05) is 6.92 Å². The Hall–Kier alpha value is -2.10. The highest BCUT2D eigenvalue weighted by Crippen LogP contribution is 2.09. The zero-order valence-electron chi connectivity index (χ0n) is 8.23. The first-order valence-corrected chi connectivity index (χ1v) is 4.52. The lowest BCUT2D eigenvalue weighted by atomic mass is 10.3. The summed E-state index contributed by atoms with van der Waals surface area (Å²) in [4.78, 5) is 15.6. The van der Waals surface area contributed by atoms with E-state index >= 15 is 0 Å². The molecule has 0 saturated heterocycles. The van der Waals surface area contributed by atoms with E-state index in [-0.39, 0.29) is 5.91 Å². The quantitative estimate of drug-likeness (QED) is 0.812. The van der Waals surface area contributed by atoms with Crippen LogP contribution >= 0.6 is 0 Å². The minimum Gasteiger partial charge on any atom is -0.472 e. The molecule has 0 unspecified atom stereocenters. The lowest BCUT2D eigenvalue weighted by molar-refractivity contribution is 0.102. The summed E-state index contributed by atoms with van der Waals surface area (Å²) in [7, 11) is 0. The Morgan fingerprint density at radius 2 is 2.33 bits per heavy atom. The van der Waals surface area contributed by atoms with E-state index in [0.29, 0.717) is 5.56 Å². The van der Waals surface area contributed by atoms with Crippen molar-refractivity contribution in [2.24, 2.45) is 0 Å². The minimum absolute atomic E-state index is 0.186. The summed E-state index contributed by atoms with van der Waals surface area (Å²) < 4.78 is 4.82. The molecule has 0 spiro atoms. The largest absolute Gasteiger partial charge is 0.472 e. The summed E-state index contributed by atoms with van der Waals surface area (Å²) in [6.45, 7) is 1.87. The molecule has 0 aromatic carbocycles. The molecule has 2 aromatic heterocycles. The zero-order chi connectivity index (χ0) is 10.7. The third-order valence-corrected chi connectivity index (χ3v) is 1.94. The van der Waals surface area contributed by atoms with E-state index in [2.05, 4.69) is 10.3 Å². The second-order valence-electron chi connectivity index (χ2n) is 3.15. The molecule has 0 saturated carbocycles. The van der Waals surface area contributed by atoms with Gasteiger partial charge in [0.25, 0.3) is 5.91 Å². The first-order valence-electron chi connectivity index (χ1n) is 4.52. The van der Waals surface area contributed by atoms with Crippen molar-refractivity contribution < 1.29 is 9.21 Å². The van der Waals surface area contributed by atoms with Crippen LogP contribution in [0.2, 0.25) is 0 Å². The molecule has 4 nitrogen and oxygen atoms in total. The van der Waals surface area contributed by atoms with Crippen molar-refractivity contribution >= 4 is 11.6 Å². The molecule has 1 N–H and O–H groups in total. The van der Waals surface area contributed by atoms with E-state index in [0.717, 1.165) is 11.4 Å². The van der Waals surface area contributed by atoms with E-state index in [4.69, 9.17) is 4.42 Å². The number of rotatable bonds is 2. The summed E-state index contributed by atoms with van der Waals surface area (Å²) in [6.07, 6.45) is 4.52. The Morgan fingerprint density at radius 3 is 3.00 bits per heavy atom. The minimum atomic E-state index is -0.186. The smallest absolute Gasteiger partial charge is 0.258 e. The fraction of sp³-hybridized carbons (Fsp3) is 0.0909. The highest BCUT2D eigenvalue weighted by Gasteiger charge is 2.06. The monoisotopic (exact) mass is 202 g/mol. The van der Waals surface area contributed by atoms with Crippen LogP contribution in [0.25, 0.3) is 0 Å². The average Bonchev–Trinajstić information content (AvgIpc) is 2.70. The second-order valence-corrected chi connectivity index (χ2v) is 3.15. The molecular weight excluding hydrogens is 192 g/mol. The molecule has 2 rings (SSSR count). The summed E-state index contributed by atoms with van der Waals surface area (Å²) in [6, 6.07) is 5.16. The topological polar surface area (TPSA) is 55.1 Å². The third-order valence-electron chi connectivity index (χ3n) is 1.94. The molecule has 2 heterocycles. The van der Waals surface area contributed by atoms with Crippen molar-refractivity contribution in [2.75, 3.05) is 5.32 Å². The number of hydrogen-bond acceptors (Lipinski definition) is 3. The number of carbonyl (C=O) groups excluding carboxylic acids is 1. The number of pyridine rings is 1. The molecule has 0 atom stereocenters. The second kappa shape index (κ2) is 3.96. The van der Waals surface area contributed by atoms with Gasteiger partial charge in [0.1, 0.15) is 6.26 Å². The van der Waals surface area contributed by atoms with Crippen molar-refractivity contribution in [1.29, 1.82) is 0 Å². The van der Waals surface area contributed by atoms with Crippen molar-refractivity contribution in [1.82, 2.24) is 4.98 Å². The van der Waals surface area contributed by atoms with Crippen molar-refractivity contribution in [3.63, 3.8) is 0 Å². The molecule has 2 aromatic rings. The summed E-state index contributed by atoms with van der Waals surface area (Å²) >= 11 is 0. The molecule has 0 aliphatic heterocycles. The summed E-state index contributed by atoms with van der Waals surface area (Å²) in [5.41, 5.74) is 2.10. The number of aromatic nitrogens is 1. The molecule has 76 valence electrons. The van der Waals surface area contributed by atoms with Crippen molar-refractivity contribution in [2.45, 2.75) is 6.92 Å². The van der Waals surface area contributed by atoms with Gasteiger partial charge in [0, 0.05) is 17.6 Å². The number of carbonyl (C=O) groups is 1. The van der Waals surface area contributed by atoms with Crippen LogP contribution in [0.3, 0.4) is 0 Å². The van der Waals surface area contributed by atoms with Gasteiger partial charge in [-0.2, -0.15) is 0 Å².